The predicted octanol–water partition coefficient (Wildman–Crippen LogP) is 4.83. The minimum absolute atomic E-state index is 0.232. The molecule has 0 spiro atoms. The van der Waals surface area contributed by atoms with Gasteiger partial charge in [-0.15, -0.1) is 0 Å². The summed E-state index contributed by atoms with van der Waals surface area (Å²) in [7, 11) is 0. The van der Waals surface area contributed by atoms with E-state index in [1.165, 1.54) is 5.56 Å². The molecular formula is C26H22ClN5O2. The summed E-state index contributed by atoms with van der Waals surface area (Å²) in [4.78, 5) is 13.0. The van der Waals surface area contributed by atoms with Crippen molar-refractivity contribution in [2.24, 2.45) is 0 Å². The quantitative estimate of drug-likeness (QED) is 0.398. The van der Waals surface area contributed by atoms with E-state index in [2.05, 4.69) is 16.6 Å². The molecule has 1 N–H and O–H groups in total. The molecule has 6 rings (SSSR count). The van der Waals surface area contributed by atoms with Gasteiger partial charge in [-0.05, 0) is 48.7 Å². The van der Waals surface area contributed by atoms with Gasteiger partial charge in [-0.1, -0.05) is 29.8 Å². The molecular weight excluding hydrogens is 450 g/mol. The zero-order valence-corrected chi connectivity index (χ0v) is 19.3. The molecule has 0 atom stereocenters. The van der Waals surface area contributed by atoms with E-state index in [-0.39, 0.29) is 5.91 Å². The lowest BCUT2D eigenvalue weighted by atomic mass is 9.93. The molecule has 0 unspecified atom stereocenters. The highest BCUT2D eigenvalue weighted by Gasteiger charge is 2.29. The molecule has 0 radical (unpaired) electrons. The maximum absolute atomic E-state index is 13.0. The largest absolute Gasteiger partial charge is 0.455 e. The summed E-state index contributed by atoms with van der Waals surface area (Å²) in [6.07, 6.45) is 7.32. The third kappa shape index (κ3) is 3.58. The number of fused-ring (bicyclic) bond motifs is 4. The van der Waals surface area contributed by atoms with Gasteiger partial charge < -0.3 is 9.73 Å². The first kappa shape index (κ1) is 20.7. The minimum atomic E-state index is -0.232. The zero-order chi connectivity index (χ0) is 23.2. The number of hydrogen-bond acceptors (Lipinski definition) is 4. The summed E-state index contributed by atoms with van der Waals surface area (Å²) in [5.41, 5.74) is 6.88. The number of furan rings is 1. The highest BCUT2D eigenvalue weighted by molar-refractivity contribution is 6.30. The molecule has 4 aromatic heterocycles. The number of pyridine rings is 1. The molecule has 7 nitrogen and oxygen atoms in total. The Hall–Kier alpha value is -3.84. The van der Waals surface area contributed by atoms with E-state index in [4.69, 9.17) is 21.1 Å². The van der Waals surface area contributed by atoms with Gasteiger partial charge >= 0.3 is 0 Å². The van der Waals surface area contributed by atoms with Crippen LogP contribution in [-0.2, 0) is 25.9 Å². The van der Waals surface area contributed by atoms with Crippen LogP contribution in [0.25, 0.3) is 16.8 Å². The SMILES string of the molecule is Cc1c(C(=O)NCc2cnn3ccccc23)oc2c1-c1nn(Cc3ccc(Cl)cc3)cc1CC2. The zero-order valence-electron chi connectivity index (χ0n) is 18.6. The molecule has 170 valence electrons. The van der Waals surface area contributed by atoms with Crippen molar-refractivity contribution in [2.75, 3.05) is 0 Å². The lowest BCUT2D eigenvalue weighted by Crippen LogP contribution is -2.23. The molecule has 1 amide bonds. The maximum Gasteiger partial charge on any atom is 0.287 e. The van der Waals surface area contributed by atoms with Crippen LogP contribution in [0.15, 0.2) is 65.5 Å². The number of hydrogen-bond donors (Lipinski definition) is 1. The number of aryl methyl sites for hydroxylation is 2. The number of aromatic nitrogens is 4. The molecule has 0 bridgehead atoms. The molecule has 1 aliphatic carbocycles. The van der Waals surface area contributed by atoms with Crippen LogP contribution in [0.3, 0.4) is 0 Å². The minimum Gasteiger partial charge on any atom is -0.455 e. The number of nitrogens with zero attached hydrogens (tertiary/aromatic N) is 4. The second-order valence-corrected chi connectivity index (χ2v) is 9.00. The van der Waals surface area contributed by atoms with E-state index in [1.54, 1.807) is 10.7 Å². The summed E-state index contributed by atoms with van der Waals surface area (Å²) in [6, 6.07) is 13.6. The number of amides is 1. The topological polar surface area (TPSA) is 77.4 Å². The Labute approximate surface area is 201 Å². The Kier molecular flexibility index (Phi) is 4.99. The van der Waals surface area contributed by atoms with Crippen LogP contribution < -0.4 is 5.32 Å². The Morgan fingerprint density at radius 3 is 2.88 bits per heavy atom. The second-order valence-electron chi connectivity index (χ2n) is 8.56. The third-order valence-electron chi connectivity index (χ3n) is 6.33. The normalized spacial score (nSPS) is 12.5. The van der Waals surface area contributed by atoms with Gasteiger partial charge in [0.2, 0.25) is 0 Å². The Bertz CT molecular complexity index is 1530. The number of rotatable bonds is 5. The smallest absolute Gasteiger partial charge is 0.287 e. The van der Waals surface area contributed by atoms with Gasteiger partial charge in [0, 0.05) is 47.1 Å². The van der Waals surface area contributed by atoms with Gasteiger partial charge in [0.05, 0.1) is 24.0 Å². The van der Waals surface area contributed by atoms with E-state index >= 15 is 0 Å². The molecule has 0 saturated heterocycles. The van der Waals surface area contributed by atoms with Crippen molar-refractivity contribution in [1.82, 2.24) is 24.7 Å². The lowest BCUT2D eigenvalue weighted by Gasteiger charge is -2.09. The molecule has 1 aromatic carbocycles. The summed E-state index contributed by atoms with van der Waals surface area (Å²) >= 11 is 6.01. The summed E-state index contributed by atoms with van der Waals surface area (Å²) in [6.45, 7) is 2.96. The molecule has 0 saturated carbocycles. The van der Waals surface area contributed by atoms with Crippen molar-refractivity contribution < 1.29 is 9.21 Å². The fraction of sp³-hybridized carbons (Fsp3) is 0.192. The van der Waals surface area contributed by atoms with Crippen LogP contribution in [0.1, 0.15) is 38.6 Å². The van der Waals surface area contributed by atoms with E-state index in [9.17, 15) is 4.79 Å². The number of carbonyl (C=O) groups is 1. The Morgan fingerprint density at radius 1 is 1.18 bits per heavy atom. The van der Waals surface area contributed by atoms with E-state index in [0.717, 1.165) is 57.1 Å². The third-order valence-corrected chi connectivity index (χ3v) is 6.58. The molecule has 5 aromatic rings. The highest BCUT2D eigenvalue weighted by atomic mass is 35.5. The average Bonchev–Trinajstić information content (AvgIpc) is 3.54. The first-order chi connectivity index (χ1) is 16.6. The standard InChI is InChI=1S/C26H22ClN5O2/c1-16-23-22(10-7-18-15-31(30-24(18)23)14-17-5-8-20(27)9-6-17)34-25(16)26(33)28-12-19-13-29-32-11-3-2-4-21(19)32/h2-6,8-9,11,13,15H,7,10,12,14H2,1H3,(H,28,33). The maximum atomic E-state index is 13.0. The fourth-order valence-electron chi connectivity index (χ4n) is 4.62. The van der Waals surface area contributed by atoms with Crippen LogP contribution in [0.4, 0.5) is 0 Å². The molecule has 34 heavy (non-hydrogen) atoms. The van der Waals surface area contributed by atoms with Gasteiger partial charge in [0.1, 0.15) is 5.76 Å². The van der Waals surface area contributed by atoms with Crippen molar-refractivity contribution >= 4 is 23.0 Å². The van der Waals surface area contributed by atoms with Crippen molar-refractivity contribution in [3.05, 3.63) is 99.9 Å². The number of carbonyl (C=O) groups excluding carboxylic acids is 1. The first-order valence-corrected chi connectivity index (χ1v) is 11.6. The van der Waals surface area contributed by atoms with Crippen molar-refractivity contribution in [3.63, 3.8) is 0 Å². The van der Waals surface area contributed by atoms with Gasteiger partial charge in [0.15, 0.2) is 5.76 Å². The summed E-state index contributed by atoms with van der Waals surface area (Å²) < 4.78 is 9.79. The van der Waals surface area contributed by atoms with Crippen LogP contribution in [-0.4, -0.2) is 25.3 Å². The first-order valence-electron chi connectivity index (χ1n) is 11.2. The Balaban J connectivity index is 1.24. The fourth-order valence-corrected chi connectivity index (χ4v) is 4.74. The van der Waals surface area contributed by atoms with Crippen LogP contribution in [0, 0.1) is 6.92 Å². The number of halogens is 1. The number of nitrogens with one attached hydrogen (secondary N) is 1. The van der Waals surface area contributed by atoms with Crippen LogP contribution >= 0.6 is 11.6 Å². The van der Waals surface area contributed by atoms with Gasteiger partial charge in [0.25, 0.3) is 5.91 Å². The molecule has 1 aliphatic rings. The van der Waals surface area contributed by atoms with Crippen LogP contribution in [0.5, 0.6) is 0 Å². The van der Waals surface area contributed by atoms with E-state index in [1.807, 2.05) is 60.3 Å². The lowest BCUT2D eigenvalue weighted by molar-refractivity contribution is 0.0920. The summed E-state index contributed by atoms with van der Waals surface area (Å²) in [5.74, 6) is 0.939. The van der Waals surface area contributed by atoms with Gasteiger partial charge in [-0.25, -0.2) is 4.52 Å². The van der Waals surface area contributed by atoms with Gasteiger partial charge in [-0.3, -0.25) is 9.48 Å². The molecule has 4 heterocycles. The van der Waals surface area contributed by atoms with Crippen molar-refractivity contribution in [1.29, 1.82) is 0 Å². The molecule has 0 aliphatic heterocycles. The molecule has 8 heteroatoms. The van der Waals surface area contributed by atoms with Gasteiger partial charge in [-0.2, -0.15) is 10.2 Å². The molecule has 0 fully saturated rings. The summed E-state index contributed by atoms with van der Waals surface area (Å²) in [5, 5.41) is 12.9. The van der Waals surface area contributed by atoms with E-state index in [0.29, 0.717) is 18.8 Å². The van der Waals surface area contributed by atoms with Crippen LogP contribution in [0.2, 0.25) is 5.02 Å². The average molecular weight is 472 g/mol. The van der Waals surface area contributed by atoms with Crippen molar-refractivity contribution in [2.45, 2.75) is 32.9 Å². The predicted molar refractivity (Wildman–Crippen MR) is 129 cm³/mol. The van der Waals surface area contributed by atoms with E-state index < -0.39 is 0 Å². The number of benzene rings is 1. The Morgan fingerprint density at radius 2 is 2.03 bits per heavy atom. The highest BCUT2D eigenvalue weighted by Crippen LogP contribution is 2.38. The monoisotopic (exact) mass is 471 g/mol. The van der Waals surface area contributed by atoms with Crippen molar-refractivity contribution in [3.8, 4) is 11.3 Å². The second kappa shape index (κ2) is 8.18.